The van der Waals surface area contributed by atoms with Gasteiger partial charge in [-0.25, -0.2) is 0 Å². The molecule has 20 heavy (non-hydrogen) atoms. The van der Waals surface area contributed by atoms with Gasteiger partial charge >= 0.3 is 0 Å². The maximum atomic E-state index is 6.13. The van der Waals surface area contributed by atoms with Crippen molar-refractivity contribution in [2.75, 3.05) is 0 Å². The zero-order valence-electron chi connectivity index (χ0n) is 11.1. The Kier molecular flexibility index (Phi) is 3.35. The average Bonchev–Trinajstić information content (AvgIpc) is 2.91. The second-order valence-electron chi connectivity index (χ2n) is 4.78. The van der Waals surface area contributed by atoms with E-state index in [1.165, 1.54) is 0 Å². The first-order valence-electron chi connectivity index (χ1n) is 6.61. The van der Waals surface area contributed by atoms with E-state index in [0.29, 0.717) is 0 Å². The smallest absolute Gasteiger partial charge is 0.167 e. The highest BCUT2D eigenvalue weighted by atomic mass is 16.5. The number of aromatic nitrogens is 1. The quantitative estimate of drug-likeness (QED) is 0.723. The summed E-state index contributed by atoms with van der Waals surface area (Å²) in [5.41, 5.74) is 9.87. The molecule has 3 aromatic rings. The van der Waals surface area contributed by atoms with Crippen molar-refractivity contribution in [2.45, 2.75) is 12.5 Å². The molecular formula is C17H16N2O. The van der Waals surface area contributed by atoms with Gasteiger partial charge in [0.25, 0.3) is 0 Å². The van der Waals surface area contributed by atoms with Crippen molar-refractivity contribution in [1.82, 2.24) is 5.16 Å². The molecule has 0 aliphatic rings. The first-order chi connectivity index (χ1) is 9.79. The topological polar surface area (TPSA) is 52.0 Å². The van der Waals surface area contributed by atoms with Crippen molar-refractivity contribution in [3.8, 4) is 11.3 Å². The van der Waals surface area contributed by atoms with Gasteiger partial charge in [-0.2, -0.15) is 0 Å². The van der Waals surface area contributed by atoms with Crippen LogP contribution in [0, 0.1) is 0 Å². The number of rotatable bonds is 4. The third kappa shape index (κ3) is 2.24. The number of para-hydroxylation sites is 1. The zero-order valence-corrected chi connectivity index (χ0v) is 11.1. The molecule has 0 saturated carbocycles. The van der Waals surface area contributed by atoms with Gasteiger partial charge in [0.1, 0.15) is 5.69 Å². The molecule has 0 spiro atoms. The third-order valence-electron chi connectivity index (χ3n) is 3.39. The number of fused-ring (bicyclic) bond motifs is 1. The lowest BCUT2D eigenvalue weighted by Crippen LogP contribution is -2.08. The monoisotopic (exact) mass is 264 g/mol. The summed E-state index contributed by atoms with van der Waals surface area (Å²) in [6, 6.07) is 15.9. The highest BCUT2D eigenvalue weighted by Crippen LogP contribution is 2.29. The van der Waals surface area contributed by atoms with Crippen LogP contribution in [0.25, 0.3) is 22.2 Å². The summed E-state index contributed by atoms with van der Waals surface area (Å²) in [5, 5.41) is 5.19. The first kappa shape index (κ1) is 12.6. The Labute approximate surface area is 117 Å². The summed E-state index contributed by atoms with van der Waals surface area (Å²) in [5.74, 6) is 0. The van der Waals surface area contributed by atoms with E-state index in [2.05, 4.69) is 17.8 Å². The van der Waals surface area contributed by atoms with Crippen molar-refractivity contribution in [2.24, 2.45) is 5.73 Å². The van der Waals surface area contributed by atoms with Crippen LogP contribution in [0.4, 0.5) is 0 Å². The summed E-state index contributed by atoms with van der Waals surface area (Å²) in [6.07, 6.45) is 2.59. The van der Waals surface area contributed by atoms with Crippen LogP contribution in [0.3, 0.4) is 0 Å². The molecule has 2 N–H and O–H groups in total. The Hall–Kier alpha value is -2.39. The number of hydrogen-bond donors (Lipinski definition) is 1. The minimum Gasteiger partial charge on any atom is -0.356 e. The number of hydrogen-bond acceptors (Lipinski definition) is 3. The van der Waals surface area contributed by atoms with Gasteiger partial charge in [-0.3, -0.25) is 0 Å². The second-order valence-corrected chi connectivity index (χ2v) is 4.78. The normalized spacial score (nSPS) is 12.4. The van der Waals surface area contributed by atoms with E-state index < -0.39 is 0 Å². The maximum absolute atomic E-state index is 6.13. The lowest BCUT2D eigenvalue weighted by molar-refractivity contribution is 0.459. The van der Waals surface area contributed by atoms with Crippen molar-refractivity contribution in [3.63, 3.8) is 0 Å². The molecule has 100 valence electrons. The lowest BCUT2D eigenvalue weighted by atomic mass is 10.00. The Morgan fingerprint density at radius 3 is 2.90 bits per heavy atom. The van der Waals surface area contributed by atoms with Crippen molar-refractivity contribution < 1.29 is 4.52 Å². The van der Waals surface area contributed by atoms with Crippen molar-refractivity contribution in [3.05, 3.63) is 66.7 Å². The van der Waals surface area contributed by atoms with Gasteiger partial charge in [0.2, 0.25) is 0 Å². The van der Waals surface area contributed by atoms with E-state index in [-0.39, 0.29) is 6.04 Å². The highest BCUT2D eigenvalue weighted by molar-refractivity contribution is 5.91. The SMILES string of the molecule is C=CCC(N)c1cccc(-c2noc3ccccc23)c1. The molecule has 0 aliphatic carbocycles. The summed E-state index contributed by atoms with van der Waals surface area (Å²) >= 11 is 0. The van der Waals surface area contributed by atoms with Gasteiger partial charge < -0.3 is 10.3 Å². The Bertz CT molecular complexity index is 745. The Morgan fingerprint density at radius 2 is 2.05 bits per heavy atom. The molecule has 0 aliphatic heterocycles. The van der Waals surface area contributed by atoms with Gasteiger partial charge in [0, 0.05) is 17.0 Å². The van der Waals surface area contributed by atoms with Gasteiger partial charge in [0.15, 0.2) is 5.58 Å². The summed E-state index contributed by atoms with van der Waals surface area (Å²) in [6.45, 7) is 3.73. The molecule has 2 aromatic carbocycles. The fourth-order valence-electron chi connectivity index (χ4n) is 2.33. The van der Waals surface area contributed by atoms with Gasteiger partial charge in [0.05, 0.1) is 0 Å². The maximum Gasteiger partial charge on any atom is 0.167 e. The molecule has 0 radical (unpaired) electrons. The summed E-state index contributed by atoms with van der Waals surface area (Å²) in [4.78, 5) is 0. The second kappa shape index (κ2) is 5.31. The summed E-state index contributed by atoms with van der Waals surface area (Å²) in [7, 11) is 0. The van der Waals surface area contributed by atoms with E-state index in [4.69, 9.17) is 10.3 Å². The fourth-order valence-corrected chi connectivity index (χ4v) is 2.33. The predicted molar refractivity (Wildman–Crippen MR) is 81.2 cm³/mol. The predicted octanol–water partition coefficient (Wildman–Crippen LogP) is 4.07. The zero-order chi connectivity index (χ0) is 13.9. The van der Waals surface area contributed by atoms with E-state index in [9.17, 15) is 0 Å². The molecule has 0 saturated heterocycles. The van der Waals surface area contributed by atoms with Gasteiger partial charge in [-0.15, -0.1) is 6.58 Å². The molecule has 3 heteroatoms. The Morgan fingerprint density at radius 1 is 1.20 bits per heavy atom. The lowest BCUT2D eigenvalue weighted by Gasteiger charge is -2.10. The molecule has 1 atom stereocenters. The number of nitrogens with two attached hydrogens (primary N) is 1. The first-order valence-corrected chi connectivity index (χ1v) is 6.61. The largest absolute Gasteiger partial charge is 0.356 e. The molecule has 1 unspecified atom stereocenters. The standard InChI is InChI=1S/C17H16N2O/c1-2-6-15(18)12-7-5-8-13(11-12)17-14-9-3-4-10-16(14)20-19-17/h2-5,7-11,15H,1,6,18H2. The molecule has 3 rings (SSSR count). The minimum absolute atomic E-state index is 0.0365. The molecule has 0 amide bonds. The van der Waals surface area contributed by atoms with E-state index in [1.807, 2.05) is 48.5 Å². The van der Waals surface area contributed by atoms with Crippen LogP contribution >= 0.6 is 0 Å². The molecule has 0 fully saturated rings. The van der Waals surface area contributed by atoms with Crippen LogP contribution < -0.4 is 5.73 Å². The van der Waals surface area contributed by atoms with Crippen LogP contribution in [0.1, 0.15) is 18.0 Å². The van der Waals surface area contributed by atoms with E-state index >= 15 is 0 Å². The van der Waals surface area contributed by atoms with Crippen LogP contribution in [0.2, 0.25) is 0 Å². The molecule has 1 heterocycles. The fraction of sp³-hybridized carbons (Fsp3) is 0.118. The molecule has 3 nitrogen and oxygen atoms in total. The molecule has 1 aromatic heterocycles. The van der Waals surface area contributed by atoms with Gasteiger partial charge in [-0.1, -0.05) is 41.6 Å². The average molecular weight is 264 g/mol. The third-order valence-corrected chi connectivity index (χ3v) is 3.39. The Balaban J connectivity index is 2.06. The van der Waals surface area contributed by atoms with Crippen LogP contribution in [0.5, 0.6) is 0 Å². The molecule has 0 bridgehead atoms. The van der Waals surface area contributed by atoms with Crippen molar-refractivity contribution in [1.29, 1.82) is 0 Å². The van der Waals surface area contributed by atoms with Crippen LogP contribution in [0.15, 0.2) is 65.7 Å². The number of benzene rings is 2. The molecular weight excluding hydrogens is 248 g/mol. The minimum atomic E-state index is -0.0365. The van der Waals surface area contributed by atoms with Crippen LogP contribution in [-0.4, -0.2) is 5.16 Å². The summed E-state index contributed by atoms with van der Waals surface area (Å²) < 4.78 is 5.35. The van der Waals surface area contributed by atoms with E-state index in [0.717, 1.165) is 34.2 Å². The van der Waals surface area contributed by atoms with E-state index in [1.54, 1.807) is 0 Å². The van der Waals surface area contributed by atoms with Crippen molar-refractivity contribution >= 4 is 11.0 Å². The highest BCUT2D eigenvalue weighted by Gasteiger charge is 2.11. The number of nitrogens with zero attached hydrogens (tertiary/aromatic N) is 1. The van der Waals surface area contributed by atoms with Gasteiger partial charge in [-0.05, 0) is 30.2 Å². The van der Waals surface area contributed by atoms with Crippen LogP contribution in [-0.2, 0) is 0 Å².